The molecular weight excluding hydrogens is 334 g/mol. The minimum Gasteiger partial charge on any atom is -0.372 e. The average Bonchev–Trinajstić information content (AvgIpc) is 2.67. The number of nitrogens with zero attached hydrogens (tertiary/aromatic N) is 3. The van der Waals surface area contributed by atoms with Gasteiger partial charge in [0.2, 0.25) is 0 Å². The Hall–Kier alpha value is -2.93. The first-order valence-electron chi connectivity index (χ1n) is 8.39. The Labute approximate surface area is 151 Å². The number of nitro groups is 1. The van der Waals surface area contributed by atoms with Crippen LogP contribution in [0.3, 0.4) is 0 Å². The largest absolute Gasteiger partial charge is 0.372 e. The Kier molecular flexibility index (Phi) is 5.18. The number of amides is 1. The third-order valence-corrected chi connectivity index (χ3v) is 4.43. The van der Waals surface area contributed by atoms with Crippen molar-refractivity contribution >= 4 is 17.3 Å². The number of benzene rings is 2. The number of carbonyl (C=O) groups is 1. The number of carbonyl (C=O) groups excluding carboxylic acids is 1. The molecule has 1 heterocycles. The van der Waals surface area contributed by atoms with Crippen molar-refractivity contribution < 1.29 is 14.5 Å². The average molecular weight is 355 g/mol. The monoisotopic (exact) mass is 355 g/mol. The molecule has 1 saturated heterocycles. The van der Waals surface area contributed by atoms with Gasteiger partial charge >= 0.3 is 0 Å². The molecule has 0 spiro atoms. The second-order valence-corrected chi connectivity index (χ2v) is 6.38. The summed E-state index contributed by atoms with van der Waals surface area (Å²) in [7, 11) is 3.46. The second kappa shape index (κ2) is 7.53. The fraction of sp³-hybridized carbons (Fsp3) is 0.316. The minimum absolute atomic E-state index is 0.0753. The van der Waals surface area contributed by atoms with E-state index in [2.05, 4.69) is 0 Å². The summed E-state index contributed by atoms with van der Waals surface area (Å²) in [6, 6.07) is 14.3. The van der Waals surface area contributed by atoms with Crippen molar-refractivity contribution in [2.24, 2.45) is 0 Å². The molecule has 7 heteroatoms. The van der Waals surface area contributed by atoms with E-state index in [9.17, 15) is 14.9 Å². The Morgan fingerprint density at radius 3 is 2.62 bits per heavy atom. The molecule has 7 nitrogen and oxygen atoms in total. The summed E-state index contributed by atoms with van der Waals surface area (Å²) in [6.07, 6.45) is -0.190. The lowest BCUT2D eigenvalue weighted by molar-refractivity contribution is -0.384. The molecule has 0 N–H and O–H groups in total. The summed E-state index contributed by atoms with van der Waals surface area (Å²) >= 11 is 0. The lowest BCUT2D eigenvalue weighted by atomic mass is 10.1. The maximum absolute atomic E-state index is 12.9. The lowest BCUT2D eigenvalue weighted by Crippen LogP contribution is -2.42. The van der Waals surface area contributed by atoms with E-state index < -0.39 is 4.92 Å². The molecule has 26 heavy (non-hydrogen) atoms. The standard InChI is InChI=1S/C19H21N3O4/c1-20(2)16-9-8-15(12-17(16)22(24)25)19(23)21-10-11-26-18(13-21)14-6-4-3-5-7-14/h3-9,12,18H,10-11,13H2,1-2H3/t18-/m1/s1. The van der Waals surface area contributed by atoms with Crippen LogP contribution in [-0.2, 0) is 4.74 Å². The molecule has 0 aliphatic carbocycles. The van der Waals surface area contributed by atoms with E-state index in [0.29, 0.717) is 30.9 Å². The van der Waals surface area contributed by atoms with Crippen LogP contribution in [0.15, 0.2) is 48.5 Å². The van der Waals surface area contributed by atoms with Crippen LogP contribution >= 0.6 is 0 Å². The van der Waals surface area contributed by atoms with Crippen LogP contribution in [0.1, 0.15) is 22.0 Å². The van der Waals surface area contributed by atoms with Gasteiger partial charge in [-0.25, -0.2) is 0 Å². The van der Waals surface area contributed by atoms with Crippen molar-refractivity contribution in [2.75, 3.05) is 38.7 Å². The number of ether oxygens (including phenoxy) is 1. The normalized spacial score (nSPS) is 17.0. The summed E-state index contributed by atoms with van der Waals surface area (Å²) < 4.78 is 5.78. The van der Waals surface area contributed by atoms with Crippen LogP contribution in [0.2, 0.25) is 0 Å². The molecule has 0 radical (unpaired) electrons. The van der Waals surface area contributed by atoms with E-state index in [-0.39, 0.29) is 17.7 Å². The molecule has 0 bridgehead atoms. The summed E-state index contributed by atoms with van der Waals surface area (Å²) in [5, 5.41) is 11.3. The number of nitro benzene ring substituents is 1. The van der Waals surface area contributed by atoms with Crippen molar-refractivity contribution in [1.29, 1.82) is 0 Å². The van der Waals surface area contributed by atoms with Crippen molar-refractivity contribution in [2.45, 2.75) is 6.10 Å². The molecule has 3 rings (SSSR count). The van der Waals surface area contributed by atoms with Gasteiger partial charge in [0.1, 0.15) is 11.8 Å². The van der Waals surface area contributed by atoms with Gasteiger partial charge in [-0.05, 0) is 17.7 Å². The number of morpholine rings is 1. The van der Waals surface area contributed by atoms with E-state index in [4.69, 9.17) is 4.74 Å². The third-order valence-electron chi connectivity index (χ3n) is 4.43. The first-order chi connectivity index (χ1) is 12.5. The zero-order valence-corrected chi connectivity index (χ0v) is 14.8. The van der Waals surface area contributed by atoms with Gasteiger partial charge in [-0.3, -0.25) is 14.9 Å². The van der Waals surface area contributed by atoms with Crippen molar-refractivity contribution in [3.8, 4) is 0 Å². The fourth-order valence-electron chi connectivity index (χ4n) is 3.07. The molecule has 136 valence electrons. The van der Waals surface area contributed by atoms with Crippen LogP contribution in [-0.4, -0.2) is 49.5 Å². The Bertz CT molecular complexity index is 808. The van der Waals surface area contributed by atoms with E-state index in [1.807, 2.05) is 30.3 Å². The van der Waals surface area contributed by atoms with E-state index in [1.54, 1.807) is 36.0 Å². The Morgan fingerprint density at radius 2 is 1.96 bits per heavy atom. The molecule has 1 fully saturated rings. The van der Waals surface area contributed by atoms with Gasteiger partial charge in [-0.2, -0.15) is 0 Å². The zero-order chi connectivity index (χ0) is 18.7. The second-order valence-electron chi connectivity index (χ2n) is 6.38. The van der Waals surface area contributed by atoms with Gasteiger partial charge in [-0.15, -0.1) is 0 Å². The fourth-order valence-corrected chi connectivity index (χ4v) is 3.07. The molecule has 0 unspecified atom stereocenters. The van der Waals surface area contributed by atoms with Gasteiger partial charge in [-0.1, -0.05) is 30.3 Å². The quantitative estimate of drug-likeness (QED) is 0.623. The molecule has 1 aliphatic heterocycles. The summed E-state index contributed by atoms with van der Waals surface area (Å²) in [5.41, 5.74) is 1.72. The first kappa shape index (κ1) is 17.9. The number of hydrogen-bond acceptors (Lipinski definition) is 5. The van der Waals surface area contributed by atoms with Gasteiger partial charge in [0.25, 0.3) is 11.6 Å². The van der Waals surface area contributed by atoms with Crippen molar-refractivity contribution in [1.82, 2.24) is 4.90 Å². The molecule has 1 amide bonds. The summed E-state index contributed by atoms with van der Waals surface area (Å²) in [5.74, 6) is -0.220. The highest BCUT2D eigenvalue weighted by atomic mass is 16.6. The van der Waals surface area contributed by atoms with Crippen LogP contribution < -0.4 is 4.90 Å². The van der Waals surface area contributed by atoms with Crippen molar-refractivity contribution in [3.05, 3.63) is 69.8 Å². The van der Waals surface area contributed by atoms with E-state index >= 15 is 0 Å². The van der Waals surface area contributed by atoms with E-state index in [0.717, 1.165) is 5.56 Å². The first-order valence-corrected chi connectivity index (χ1v) is 8.39. The molecule has 1 atom stereocenters. The summed E-state index contributed by atoms with van der Waals surface area (Å²) in [6.45, 7) is 1.32. The Balaban J connectivity index is 1.82. The molecule has 0 saturated carbocycles. The Morgan fingerprint density at radius 1 is 1.23 bits per heavy atom. The number of hydrogen-bond donors (Lipinski definition) is 0. The number of anilines is 1. The molecular formula is C19H21N3O4. The lowest BCUT2D eigenvalue weighted by Gasteiger charge is -2.33. The van der Waals surface area contributed by atoms with Crippen LogP contribution in [0.5, 0.6) is 0 Å². The SMILES string of the molecule is CN(C)c1ccc(C(=O)N2CCO[C@@H](c3ccccc3)C2)cc1[N+](=O)[O-]. The van der Waals surface area contributed by atoms with Crippen molar-refractivity contribution in [3.63, 3.8) is 0 Å². The van der Waals surface area contributed by atoms with E-state index in [1.165, 1.54) is 6.07 Å². The molecule has 0 aromatic heterocycles. The predicted molar refractivity (Wildman–Crippen MR) is 98.5 cm³/mol. The van der Waals surface area contributed by atoms with Gasteiger partial charge in [0.05, 0.1) is 18.1 Å². The number of rotatable bonds is 4. The van der Waals surface area contributed by atoms with Crippen LogP contribution in [0, 0.1) is 10.1 Å². The highest BCUT2D eigenvalue weighted by molar-refractivity contribution is 5.96. The molecule has 2 aromatic carbocycles. The topological polar surface area (TPSA) is 75.9 Å². The predicted octanol–water partition coefficient (Wildman–Crippen LogP) is 2.87. The highest BCUT2D eigenvalue weighted by Crippen LogP contribution is 2.29. The third kappa shape index (κ3) is 3.67. The smallest absolute Gasteiger partial charge is 0.293 e. The van der Waals surface area contributed by atoms with Gasteiger partial charge in [0.15, 0.2) is 0 Å². The maximum Gasteiger partial charge on any atom is 0.293 e. The van der Waals surface area contributed by atoms with Gasteiger partial charge in [0, 0.05) is 32.3 Å². The van der Waals surface area contributed by atoms with Crippen LogP contribution in [0.25, 0.3) is 0 Å². The molecule has 1 aliphatic rings. The maximum atomic E-state index is 12.9. The zero-order valence-electron chi connectivity index (χ0n) is 14.8. The summed E-state index contributed by atoms with van der Waals surface area (Å²) in [4.78, 5) is 27.1. The minimum atomic E-state index is -0.460. The highest BCUT2D eigenvalue weighted by Gasteiger charge is 2.27. The van der Waals surface area contributed by atoms with Gasteiger partial charge < -0.3 is 14.5 Å². The molecule has 2 aromatic rings. The van der Waals surface area contributed by atoms with Crippen LogP contribution in [0.4, 0.5) is 11.4 Å².